The molecule has 0 aliphatic rings. The van der Waals surface area contributed by atoms with Crippen LogP contribution in [0.25, 0.3) is 0 Å². The van der Waals surface area contributed by atoms with E-state index in [9.17, 15) is 8.78 Å². The largest absolute Gasteiger partial charge is 0.207 e. The first kappa shape index (κ1) is 11.3. The van der Waals surface area contributed by atoms with Gasteiger partial charge in [-0.25, -0.2) is 8.78 Å². The third kappa shape index (κ3) is 2.67. The van der Waals surface area contributed by atoms with Gasteiger partial charge in [-0.3, -0.25) is 0 Å². The fourth-order valence-corrected chi connectivity index (χ4v) is 1.72. The molecule has 0 bridgehead atoms. The average molecular weight is 229 g/mol. The minimum Gasteiger partial charge on any atom is -0.207 e. The smallest absolute Gasteiger partial charge is 0.126 e. The summed E-state index contributed by atoms with van der Waals surface area (Å²) in [6, 6.07) is 12.5. The van der Waals surface area contributed by atoms with Crippen LogP contribution in [0.5, 0.6) is 0 Å². The summed E-state index contributed by atoms with van der Waals surface area (Å²) in [6.45, 7) is 0. The van der Waals surface area contributed by atoms with E-state index in [4.69, 9.17) is 5.26 Å². The van der Waals surface area contributed by atoms with Gasteiger partial charge >= 0.3 is 0 Å². The fourth-order valence-electron chi connectivity index (χ4n) is 1.72. The first-order chi connectivity index (χ1) is 8.19. The number of rotatable bonds is 2. The molecule has 0 amide bonds. The lowest BCUT2D eigenvalue weighted by molar-refractivity contribution is 0.580. The first-order valence-electron chi connectivity index (χ1n) is 5.12. The van der Waals surface area contributed by atoms with Crippen LogP contribution in [0.2, 0.25) is 0 Å². The summed E-state index contributed by atoms with van der Waals surface area (Å²) in [6.07, 6.45) is 0.346. The second-order valence-corrected chi connectivity index (χ2v) is 3.72. The Kier molecular flexibility index (Phi) is 3.15. The summed E-state index contributed by atoms with van der Waals surface area (Å²) in [7, 11) is 0. The molecule has 0 N–H and O–H groups in total. The van der Waals surface area contributed by atoms with Gasteiger partial charge in [-0.15, -0.1) is 0 Å². The molecule has 2 aromatic rings. The molecule has 0 spiro atoms. The van der Waals surface area contributed by atoms with E-state index in [0.717, 1.165) is 11.6 Å². The Hall–Kier alpha value is -2.21. The molecule has 0 aliphatic carbocycles. The molecule has 0 saturated heterocycles. The number of nitrogens with zero attached hydrogens (tertiary/aromatic N) is 1. The minimum absolute atomic E-state index is 0.346. The van der Waals surface area contributed by atoms with Gasteiger partial charge < -0.3 is 0 Å². The van der Waals surface area contributed by atoms with Crippen molar-refractivity contribution in [3.05, 3.63) is 70.8 Å². The van der Waals surface area contributed by atoms with Gasteiger partial charge in [0, 0.05) is 6.07 Å². The fraction of sp³-hybridized carbons (Fsp3) is 0.0714. The molecule has 0 unspecified atom stereocenters. The van der Waals surface area contributed by atoms with Crippen LogP contribution in [0.1, 0.15) is 16.7 Å². The average Bonchev–Trinajstić information content (AvgIpc) is 2.28. The van der Waals surface area contributed by atoms with Crippen LogP contribution >= 0.6 is 0 Å². The van der Waals surface area contributed by atoms with Crippen molar-refractivity contribution >= 4 is 0 Å². The topological polar surface area (TPSA) is 23.8 Å². The van der Waals surface area contributed by atoms with Crippen molar-refractivity contribution in [1.82, 2.24) is 0 Å². The zero-order chi connectivity index (χ0) is 12.3. The predicted molar refractivity (Wildman–Crippen MR) is 60.3 cm³/mol. The molecule has 84 valence electrons. The summed E-state index contributed by atoms with van der Waals surface area (Å²) in [5, 5.41) is 8.91. The minimum atomic E-state index is -0.602. The van der Waals surface area contributed by atoms with Gasteiger partial charge in [0.15, 0.2) is 0 Å². The Morgan fingerprint density at radius 1 is 1.00 bits per heavy atom. The third-order valence-electron chi connectivity index (χ3n) is 2.45. The second kappa shape index (κ2) is 4.75. The highest BCUT2D eigenvalue weighted by molar-refractivity contribution is 5.40. The molecule has 3 heteroatoms. The van der Waals surface area contributed by atoms with Gasteiger partial charge in [-0.1, -0.05) is 18.2 Å². The Bertz CT molecular complexity index is 565. The van der Waals surface area contributed by atoms with E-state index in [1.54, 1.807) is 24.3 Å². The van der Waals surface area contributed by atoms with Crippen LogP contribution in [0.4, 0.5) is 8.78 Å². The van der Waals surface area contributed by atoms with Gasteiger partial charge in [0.1, 0.15) is 11.6 Å². The second-order valence-electron chi connectivity index (χ2n) is 3.72. The van der Waals surface area contributed by atoms with Gasteiger partial charge in [0.05, 0.1) is 11.6 Å². The summed E-state index contributed by atoms with van der Waals surface area (Å²) in [5.74, 6) is -1.20. The van der Waals surface area contributed by atoms with Crippen molar-refractivity contribution in [2.24, 2.45) is 0 Å². The number of halogens is 2. The number of hydrogen-bond donors (Lipinski definition) is 0. The van der Waals surface area contributed by atoms with Crippen LogP contribution in [0, 0.1) is 23.0 Å². The lowest BCUT2D eigenvalue weighted by Gasteiger charge is -2.04. The third-order valence-corrected chi connectivity index (χ3v) is 2.45. The van der Waals surface area contributed by atoms with Crippen LogP contribution in [0.3, 0.4) is 0 Å². The maximum absolute atomic E-state index is 13.0. The van der Waals surface area contributed by atoms with E-state index in [-0.39, 0.29) is 0 Å². The highest BCUT2D eigenvalue weighted by Crippen LogP contribution is 2.15. The highest BCUT2D eigenvalue weighted by atomic mass is 19.1. The zero-order valence-corrected chi connectivity index (χ0v) is 8.95. The maximum Gasteiger partial charge on any atom is 0.126 e. The Morgan fingerprint density at radius 3 is 2.29 bits per heavy atom. The van der Waals surface area contributed by atoms with E-state index in [0.29, 0.717) is 17.5 Å². The molecule has 1 nitrogen and oxygen atoms in total. The SMILES string of the molecule is N#Cc1ccccc1Cc1cc(F)cc(F)c1. The van der Waals surface area contributed by atoms with Crippen LogP contribution < -0.4 is 0 Å². The molecule has 2 rings (SSSR count). The van der Waals surface area contributed by atoms with Crippen molar-refractivity contribution in [3.63, 3.8) is 0 Å². The number of hydrogen-bond acceptors (Lipinski definition) is 1. The zero-order valence-electron chi connectivity index (χ0n) is 8.95. The lowest BCUT2D eigenvalue weighted by Crippen LogP contribution is -1.94. The quantitative estimate of drug-likeness (QED) is 0.774. The summed E-state index contributed by atoms with van der Waals surface area (Å²) in [4.78, 5) is 0. The van der Waals surface area contributed by atoms with Crippen molar-refractivity contribution in [2.75, 3.05) is 0 Å². The molecular formula is C14H9F2N. The molecule has 0 radical (unpaired) electrons. The molecular weight excluding hydrogens is 220 g/mol. The highest BCUT2D eigenvalue weighted by Gasteiger charge is 2.05. The first-order valence-corrected chi connectivity index (χ1v) is 5.12. The number of benzene rings is 2. The Labute approximate surface area is 97.9 Å². The molecule has 0 atom stereocenters. The molecule has 0 aliphatic heterocycles. The van der Waals surface area contributed by atoms with E-state index in [2.05, 4.69) is 6.07 Å². The Morgan fingerprint density at radius 2 is 1.65 bits per heavy atom. The van der Waals surface area contributed by atoms with E-state index in [1.807, 2.05) is 0 Å². The van der Waals surface area contributed by atoms with Crippen LogP contribution in [0.15, 0.2) is 42.5 Å². The predicted octanol–water partition coefficient (Wildman–Crippen LogP) is 3.43. The summed E-state index contributed by atoms with van der Waals surface area (Å²) < 4.78 is 26.0. The van der Waals surface area contributed by atoms with Gasteiger partial charge in [0.25, 0.3) is 0 Å². The van der Waals surface area contributed by atoms with Crippen molar-refractivity contribution in [3.8, 4) is 6.07 Å². The standard InChI is InChI=1S/C14H9F2N/c15-13-6-10(7-14(16)8-13)5-11-3-1-2-4-12(11)9-17/h1-4,6-8H,5H2. The Balaban J connectivity index is 2.35. The van der Waals surface area contributed by atoms with Crippen molar-refractivity contribution in [1.29, 1.82) is 5.26 Å². The molecule has 0 saturated carbocycles. The molecule has 0 aromatic heterocycles. The van der Waals surface area contributed by atoms with Crippen molar-refractivity contribution in [2.45, 2.75) is 6.42 Å². The van der Waals surface area contributed by atoms with Gasteiger partial charge in [-0.05, 0) is 35.7 Å². The normalized spacial score (nSPS) is 9.94. The summed E-state index contributed by atoms with van der Waals surface area (Å²) in [5.41, 5.74) is 1.81. The van der Waals surface area contributed by atoms with Gasteiger partial charge in [-0.2, -0.15) is 5.26 Å². The molecule has 0 fully saturated rings. The van der Waals surface area contributed by atoms with Crippen molar-refractivity contribution < 1.29 is 8.78 Å². The van der Waals surface area contributed by atoms with E-state index < -0.39 is 11.6 Å². The lowest BCUT2D eigenvalue weighted by atomic mass is 10.0. The van der Waals surface area contributed by atoms with E-state index in [1.165, 1.54) is 12.1 Å². The maximum atomic E-state index is 13.0. The van der Waals surface area contributed by atoms with Gasteiger partial charge in [0.2, 0.25) is 0 Å². The molecule has 17 heavy (non-hydrogen) atoms. The molecule has 0 heterocycles. The molecule has 2 aromatic carbocycles. The van der Waals surface area contributed by atoms with E-state index >= 15 is 0 Å². The van der Waals surface area contributed by atoms with Crippen LogP contribution in [-0.2, 0) is 6.42 Å². The monoisotopic (exact) mass is 229 g/mol. The summed E-state index contributed by atoms with van der Waals surface area (Å²) >= 11 is 0. The van der Waals surface area contributed by atoms with Crippen LogP contribution in [-0.4, -0.2) is 0 Å². The number of nitriles is 1.